The molecule has 1 N–H and O–H groups in total. The Kier molecular flexibility index (Phi) is 3.51. The zero-order valence-corrected chi connectivity index (χ0v) is 13.1. The molecule has 4 nitrogen and oxygen atoms in total. The fourth-order valence-electron chi connectivity index (χ4n) is 2.42. The van der Waals surface area contributed by atoms with Gasteiger partial charge in [0.1, 0.15) is 0 Å². The van der Waals surface area contributed by atoms with Crippen molar-refractivity contribution in [3.63, 3.8) is 0 Å². The minimum Gasteiger partial charge on any atom is -0.344 e. The van der Waals surface area contributed by atoms with Crippen LogP contribution in [0, 0.1) is 6.92 Å². The largest absolute Gasteiger partial charge is 0.344 e. The van der Waals surface area contributed by atoms with E-state index in [1.54, 1.807) is 6.20 Å². The lowest BCUT2D eigenvalue weighted by Gasteiger charge is -2.09. The molecule has 0 atom stereocenters. The van der Waals surface area contributed by atoms with Crippen LogP contribution in [-0.4, -0.2) is 15.5 Å². The average Bonchev–Trinajstić information content (AvgIpc) is 3.05. The monoisotopic (exact) mass is 299 g/mol. The van der Waals surface area contributed by atoms with E-state index in [0.29, 0.717) is 16.7 Å². The lowest BCUT2D eigenvalue weighted by atomic mass is 10.1. The molecule has 2 aromatic heterocycles. The zero-order valence-electron chi connectivity index (χ0n) is 12.3. The van der Waals surface area contributed by atoms with Crippen LogP contribution in [0.3, 0.4) is 0 Å². The third kappa shape index (κ3) is 2.56. The molecular weight excluding hydrogens is 282 g/mol. The van der Waals surface area contributed by atoms with E-state index >= 15 is 0 Å². The van der Waals surface area contributed by atoms with Crippen LogP contribution in [0.4, 0.5) is 5.13 Å². The lowest BCUT2D eigenvalue weighted by Crippen LogP contribution is -2.11. The van der Waals surface area contributed by atoms with Crippen molar-refractivity contribution in [3.8, 4) is 0 Å². The van der Waals surface area contributed by atoms with Crippen molar-refractivity contribution in [3.05, 3.63) is 47.1 Å². The van der Waals surface area contributed by atoms with E-state index in [4.69, 9.17) is 0 Å². The highest BCUT2D eigenvalue weighted by atomic mass is 32.1. The molecule has 5 heteroatoms. The van der Waals surface area contributed by atoms with Crippen molar-refractivity contribution in [2.75, 3.05) is 5.32 Å². The number of aromatic nitrogens is 2. The summed E-state index contributed by atoms with van der Waals surface area (Å²) in [6, 6.07) is 6.47. The quantitative estimate of drug-likeness (QED) is 0.786. The molecule has 0 spiro atoms. The van der Waals surface area contributed by atoms with Crippen molar-refractivity contribution >= 4 is 33.3 Å². The number of hydrogen-bond acceptors (Lipinski definition) is 3. The van der Waals surface area contributed by atoms with Gasteiger partial charge in [-0.15, -0.1) is 11.3 Å². The van der Waals surface area contributed by atoms with Gasteiger partial charge in [-0.3, -0.25) is 10.1 Å². The van der Waals surface area contributed by atoms with Gasteiger partial charge >= 0.3 is 0 Å². The highest BCUT2D eigenvalue weighted by Crippen LogP contribution is 2.26. The van der Waals surface area contributed by atoms with E-state index in [1.807, 2.05) is 23.7 Å². The van der Waals surface area contributed by atoms with Gasteiger partial charge in [0.2, 0.25) is 0 Å². The topological polar surface area (TPSA) is 46.9 Å². The number of benzene rings is 1. The molecule has 2 heterocycles. The summed E-state index contributed by atoms with van der Waals surface area (Å²) in [5, 5.41) is 6.29. The van der Waals surface area contributed by atoms with Crippen LogP contribution in [0.15, 0.2) is 36.0 Å². The second kappa shape index (κ2) is 5.33. The third-order valence-electron chi connectivity index (χ3n) is 3.44. The number of carbonyl (C=O) groups excluding carboxylic acids is 1. The van der Waals surface area contributed by atoms with E-state index in [1.165, 1.54) is 16.9 Å². The van der Waals surface area contributed by atoms with Crippen molar-refractivity contribution in [1.82, 2.24) is 9.55 Å². The maximum Gasteiger partial charge on any atom is 0.259 e. The number of nitrogens with one attached hydrogen (secondary N) is 1. The predicted molar refractivity (Wildman–Crippen MR) is 87.1 cm³/mol. The number of fused-ring (bicyclic) bond motifs is 1. The van der Waals surface area contributed by atoms with Gasteiger partial charge in [-0.1, -0.05) is 12.1 Å². The summed E-state index contributed by atoms with van der Waals surface area (Å²) in [6.07, 6.45) is 3.61. The molecular formula is C16H17N3OS. The molecule has 1 amide bonds. The van der Waals surface area contributed by atoms with Gasteiger partial charge < -0.3 is 4.57 Å². The van der Waals surface area contributed by atoms with E-state index in [-0.39, 0.29) is 5.91 Å². The maximum absolute atomic E-state index is 12.5. The molecule has 0 saturated carbocycles. The van der Waals surface area contributed by atoms with Gasteiger partial charge in [-0.25, -0.2) is 4.98 Å². The highest BCUT2D eigenvalue weighted by Gasteiger charge is 2.17. The Hall–Kier alpha value is -2.14. The van der Waals surface area contributed by atoms with Crippen molar-refractivity contribution < 1.29 is 4.79 Å². The zero-order chi connectivity index (χ0) is 15.0. The predicted octanol–water partition coefficient (Wildman–Crippen LogP) is 4.24. The van der Waals surface area contributed by atoms with E-state index in [9.17, 15) is 4.79 Å². The van der Waals surface area contributed by atoms with Crippen LogP contribution < -0.4 is 5.32 Å². The van der Waals surface area contributed by atoms with E-state index in [0.717, 1.165) is 10.9 Å². The maximum atomic E-state index is 12.5. The molecule has 0 fully saturated rings. The highest BCUT2D eigenvalue weighted by molar-refractivity contribution is 7.13. The number of hydrogen-bond donors (Lipinski definition) is 1. The lowest BCUT2D eigenvalue weighted by molar-refractivity contribution is 0.102. The van der Waals surface area contributed by atoms with Crippen molar-refractivity contribution in [2.45, 2.75) is 26.8 Å². The Morgan fingerprint density at radius 1 is 1.38 bits per heavy atom. The fourth-order valence-corrected chi connectivity index (χ4v) is 2.94. The molecule has 0 bridgehead atoms. The van der Waals surface area contributed by atoms with Crippen LogP contribution in [0.5, 0.6) is 0 Å². The first-order chi connectivity index (χ1) is 10.1. The molecule has 0 unspecified atom stereocenters. The minimum atomic E-state index is -0.113. The van der Waals surface area contributed by atoms with E-state index in [2.05, 4.69) is 41.7 Å². The molecule has 3 rings (SSSR count). The normalized spacial score (nSPS) is 11.2. The van der Waals surface area contributed by atoms with Crippen LogP contribution in [-0.2, 0) is 0 Å². The molecule has 108 valence electrons. The van der Waals surface area contributed by atoms with Gasteiger partial charge in [-0.2, -0.15) is 0 Å². The minimum absolute atomic E-state index is 0.113. The SMILES string of the molecule is Cc1ccc2c(C(=O)Nc3nccs3)cn(C(C)C)c2c1. The second-order valence-electron chi connectivity index (χ2n) is 5.36. The molecule has 21 heavy (non-hydrogen) atoms. The standard InChI is InChI=1S/C16H17N3OS/c1-10(2)19-9-13(12-5-4-11(3)8-14(12)19)15(20)18-16-17-6-7-21-16/h4-10H,1-3H3,(H,17,18,20). The summed E-state index contributed by atoms with van der Waals surface area (Å²) in [7, 11) is 0. The Morgan fingerprint density at radius 3 is 2.86 bits per heavy atom. The number of rotatable bonds is 3. The summed E-state index contributed by atoms with van der Waals surface area (Å²) in [5.74, 6) is -0.113. The first kappa shape index (κ1) is 13.8. The molecule has 3 aromatic rings. The Labute approximate surface area is 127 Å². The van der Waals surface area contributed by atoms with Crippen molar-refractivity contribution in [2.24, 2.45) is 0 Å². The van der Waals surface area contributed by atoms with Crippen LogP contribution in [0.25, 0.3) is 10.9 Å². The Bertz CT molecular complexity index is 787. The van der Waals surface area contributed by atoms with Gasteiger partial charge in [0, 0.05) is 34.7 Å². The molecule has 0 radical (unpaired) electrons. The number of anilines is 1. The summed E-state index contributed by atoms with van der Waals surface area (Å²) in [6.45, 7) is 6.29. The number of aryl methyl sites for hydroxylation is 1. The second-order valence-corrected chi connectivity index (χ2v) is 6.25. The fraction of sp³-hybridized carbons (Fsp3) is 0.250. The van der Waals surface area contributed by atoms with Crippen LogP contribution >= 0.6 is 11.3 Å². The number of nitrogens with zero attached hydrogens (tertiary/aromatic N) is 2. The molecule has 0 aliphatic rings. The number of carbonyl (C=O) groups is 1. The number of thiazole rings is 1. The number of amides is 1. The molecule has 1 aromatic carbocycles. The first-order valence-electron chi connectivity index (χ1n) is 6.88. The smallest absolute Gasteiger partial charge is 0.259 e. The van der Waals surface area contributed by atoms with Crippen molar-refractivity contribution in [1.29, 1.82) is 0 Å². The van der Waals surface area contributed by atoms with Crippen LogP contribution in [0.2, 0.25) is 0 Å². The molecule has 0 saturated heterocycles. The molecule has 0 aliphatic heterocycles. The van der Waals surface area contributed by atoms with Gasteiger partial charge in [0.05, 0.1) is 5.56 Å². The average molecular weight is 299 g/mol. The first-order valence-corrected chi connectivity index (χ1v) is 7.76. The summed E-state index contributed by atoms with van der Waals surface area (Å²) in [5.41, 5.74) is 2.97. The summed E-state index contributed by atoms with van der Waals surface area (Å²) >= 11 is 1.42. The molecule has 0 aliphatic carbocycles. The summed E-state index contributed by atoms with van der Waals surface area (Å²) in [4.78, 5) is 16.6. The third-order valence-corrected chi connectivity index (χ3v) is 4.13. The Balaban J connectivity index is 2.08. The van der Waals surface area contributed by atoms with Crippen LogP contribution in [0.1, 0.15) is 35.8 Å². The summed E-state index contributed by atoms with van der Waals surface area (Å²) < 4.78 is 2.14. The van der Waals surface area contributed by atoms with Gasteiger partial charge in [0.25, 0.3) is 5.91 Å². The van der Waals surface area contributed by atoms with Gasteiger partial charge in [-0.05, 0) is 32.4 Å². The Morgan fingerprint density at radius 2 is 2.19 bits per heavy atom. The van der Waals surface area contributed by atoms with Gasteiger partial charge in [0.15, 0.2) is 5.13 Å². The van der Waals surface area contributed by atoms with E-state index < -0.39 is 0 Å².